The lowest BCUT2D eigenvalue weighted by Gasteiger charge is -2.33. The van der Waals surface area contributed by atoms with E-state index in [2.05, 4.69) is 20.2 Å². The van der Waals surface area contributed by atoms with Crippen LogP contribution < -0.4 is 16.0 Å². The quantitative estimate of drug-likeness (QED) is 0.785. The summed E-state index contributed by atoms with van der Waals surface area (Å²) >= 11 is 0. The van der Waals surface area contributed by atoms with Gasteiger partial charge in [-0.1, -0.05) is 29.8 Å². The molecule has 1 saturated heterocycles. The van der Waals surface area contributed by atoms with Crippen molar-refractivity contribution in [1.29, 1.82) is 0 Å². The summed E-state index contributed by atoms with van der Waals surface area (Å²) in [5.74, 6) is 1.65. The average molecular weight is 426 g/mol. The second-order valence-corrected chi connectivity index (χ2v) is 7.07. The molecule has 6 nitrogen and oxygen atoms in total. The predicted molar refractivity (Wildman–Crippen MR) is 117 cm³/mol. The van der Waals surface area contributed by atoms with Gasteiger partial charge < -0.3 is 16.0 Å². The van der Waals surface area contributed by atoms with Crippen LogP contribution in [0.4, 0.5) is 5.82 Å². The van der Waals surface area contributed by atoms with Crippen molar-refractivity contribution >= 4 is 36.5 Å². The number of hydrogen-bond acceptors (Lipinski definition) is 5. The molecule has 1 aromatic carbocycles. The Morgan fingerprint density at radius 1 is 1.11 bits per heavy atom. The van der Waals surface area contributed by atoms with Gasteiger partial charge in [0.25, 0.3) is 0 Å². The second-order valence-electron chi connectivity index (χ2n) is 7.07. The zero-order valence-electron chi connectivity index (χ0n) is 16.5. The monoisotopic (exact) mass is 425 g/mol. The first-order chi connectivity index (χ1) is 12.4. The first kappa shape index (κ1) is 24.1. The van der Waals surface area contributed by atoms with Crippen LogP contribution in [0.5, 0.6) is 0 Å². The lowest BCUT2D eigenvalue weighted by molar-refractivity contribution is -0.123. The number of nitrogens with zero attached hydrogens (tertiary/aromatic N) is 3. The van der Waals surface area contributed by atoms with Gasteiger partial charge in [0.2, 0.25) is 5.91 Å². The largest absolute Gasteiger partial charge is 0.356 e. The third-order valence-corrected chi connectivity index (χ3v) is 4.84. The van der Waals surface area contributed by atoms with Gasteiger partial charge in [0.1, 0.15) is 17.7 Å². The van der Waals surface area contributed by atoms with Crippen LogP contribution in [0.25, 0.3) is 0 Å². The Labute approximate surface area is 179 Å². The number of benzene rings is 1. The highest BCUT2D eigenvalue weighted by Gasteiger charge is 2.24. The smallest absolute Gasteiger partial charge is 0.241 e. The summed E-state index contributed by atoms with van der Waals surface area (Å²) in [4.78, 5) is 23.6. The van der Waals surface area contributed by atoms with E-state index in [1.54, 1.807) is 0 Å². The van der Waals surface area contributed by atoms with Gasteiger partial charge >= 0.3 is 0 Å². The highest BCUT2D eigenvalue weighted by atomic mass is 35.5. The highest BCUT2D eigenvalue weighted by Crippen LogP contribution is 2.19. The normalized spacial score (nSPS) is 15.2. The van der Waals surface area contributed by atoms with Gasteiger partial charge in [0.05, 0.1) is 0 Å². The topological polar surface area (TPSA) is 84.1 Å². The Kier molecular flexibility index (Phi) is 9.14. The zero-order valence-corrected chi connectivity index (χ0v) is 18.1. The number of carbonyl (C=O) groups is 1. The average Bonchev–Trinajstić information content (AvgIpc) is 2.61. The number of halogens is 2. The van der Waals surface area contributed by atoms with Crippen LogP contribution in [-0.4, -0.2) is 35.0 Å². The number of rotatable bonds is 4. The summed E-state index contributed by atoms with van der Waals surface area (Å²) < 4.78 is 0. The molecule has 1 aliphatic rings. The highest BCUT2D eigenvalue weighted by molar-refractivity contribution is 5.85. The number of aryl methyl sites for hydroxylation is 3. The fraction of sp³-hybridized carbons (Fsp3) is 0.450. The standard InChI is InChI=1S/C20H27N5O.2ClH/c1-13-4-6-16(7-5-13)19(21)20(26)24-17-8-10-25(11-9-17)18-12-14(2)22-15(3)23-18;;/h4-7,12,17,19H,8-11,21H2,1-3H3,(H,24,26);2*1H. The molecule has 0 spiro atoms. The summed E-state index contributed by atoms with van der Waals surface area (Å²) in [7, 11) is 0. The zero-order chi connectivity index (χ0) is 18.7. The number of piperidine rings is 1. The van der Waals surface area contributed by atoms with Crippen molar-refractivity contribution in [3.63, 3.8) is 0 Å². The van der Waals surface area contributed by atoms with E-state index in [4.69, 9.17) is 5.73 Å². The minimum atomic E-state index is -0.624. The lowest BCUT2D eigenvalue weighted by atomic mass is 10.0. The van der Waals surface area contributed by atoms with E-state index in [1.165, 1.54) is 0 Å². The molecule has 28 heavy (non-hydrogen) atoms. The third kappa shape index (κ3) is 6.06. The summed E-state index contributed by atoms with van der Waals surface area (Å²) in [6.45, 7) is 7.64. The summed E-state index contributed by atoms with van der Waals surface area (Å²) in [5, 5.41) is 3.10. The van der Waals surface area contributed by atoms with E-state index in [0.29, 0.717) is 0 Å². The number of carbonyl (C=O) groups excluding carboxylic acids is 1. The van der Waals surface area contributed by atoms with Crippen molar-refractivity contribution in [3.8, 4) is 0 Å². The number of nitrogens with one attached hydrogen (secondary N) is 1. The fourth-order valence-electron chi connectivity index (χ4n) is 3.33. The molecular formula is C20H29Cl2N5O. The molecule has 1 unspecified atom stereocenters. The summed E-state index contributed by atoms with van der Waals surface area (Å²) in [6, 6.07) is 9.34. The molecule has 154 valence electrons. The van der Waals surface area contributed by atoms with E-state index in [1.807, 2.05) is 51.1 Å². The maximum Gasteiger partial charge on any atom is 0.241 e. The summed E-state index contributed by atoms with van der Waals surface area (Å²) in [6.07, 6.45) is 1.77. The van der Waals surface area contributed by atoms with Gasteiger partial charge in [-0.2, -0.15) is 0 Å². The van der Waals surface area contributed by atoms with Crippen LogP contribution in [0.15, 0.2) is 30.3 Å². The molecule has 0 aliphatic carbocycles. The van der Waals surface area contributed by atoms with Crippen molar-refractivity contribution in [2.45, 2.75) is 45.7 Å². The minimum Gasteiger partial charge on any atom is -0.356 e. The Morgan fingerprint density at radius 3 is 2.29 bits per heavy atom. The Hall–Kier alpha value is -1.89. The second kappa shape index (κ2) is 10.6. The fourth-order valence-corrected chi connectivity index (χ4v) is 3.33. The van der Waals surface area contributed by atoms with Gasteiger partial charge in [-0.15, -0.1) is 24.8 Å². The number of hydrogen-bond donors (Lipinski definition) is 2. The Morgan fingerprint density at radius 2 is 1.71 bits per heavy atom. The van der Waals surface area contributed by atoms with Crippen LogP contribution in [0, 0.1) is 20.8 Å². The molecule has 1 atom stereocenters. The maximum absolute atomic E-state index is 12.5. The molecule has 1 amide bonds. The predicted octanol–water partition coefficient (Wildman–Crippen LogP) is 3.03. The van der Waals surface area contributed by atoms with Crippen LogP contribution >= 0.6 is 24.8 Å². The molecule has 1 fully saturated rings. The molecule has 0 radical (unpaired) electrons. The summed E-state index contributed by atoms with van der Waals surface area (Å²) in [5.41, 5.74) is 9.10. The van der Waals surface area contributed by atoms with E-state index >= 15 is 0 Å². The molecule has 0 saturated carbocycles. The van der Waals surface area contributed by atoms with Gasteiger partial charge in [-0.25, -0.2) is 9.97 Å². The molecule has 8 heteroatoms. The van der Waals surface area contributed by atoms with Crippen LogP contribution in [0.2, 0.25) is 0 Å². The van der Waals surface area contributed by atoms with Crippen LogP contribution in [0.1, 0.15) is 41.5 Å². The molecule has 3 N–H and O–H groups in total. The molecule has 3 rings (SSSR count). The van der Waals surface area contributed by atoms with Crippen molar-refractivity contribution in [1.82, 2.24) is 15.3 Å². The Balaban J connectivity index is 0.00000196. The number of aromatic nitrogens is 2. The van der Waals surface area contributed by atoms with Gasteiger partial charge in [0, 0.05) is 30.9 Å². The first-order valence-electron chi connectivity index (χ1n) is 9.12. The van der Waals surface area contributed by atoms with E-state index < -0.39 is 6.04 Å². The van der Waals surface area contributed by atoms with E-state index in [9.17, 15) is 4.79 Å². The van der Waals surface area contributed by atoms with Crippen molar-refractivity contribution < 1.29 is 4.79 Å². The SMILES string of the molecule is Cc1ccc(C(N)C(=O)NC2CCN(c3cc(C)nc(C)n3)CC2)cc1.Cl.Cl. The Bertz CT molecular complexity index is 756. The number of amides is 1. The maximum atomic E-state index is 12.5. The molecule has 0 bridgehead atoms. The lowest BCUT2D eigenvalue weighted by Crippen LogP contribution is -2.47. The van der Waals surface area contributed by atoms with Gasteiger partial charge in [-0.3, -0.25) is 4.79 Å². The van der Waals surface area contributed by atoms with Crippen molar-refractivity contribution in [2.24, 2.45) is 5.73 Å². The van der Waals surface area contributed by atoms with Crippen LogP contribution in [-0.2, 0) is 4.79 Å². The van der Waals surface area contributed by atoms with E-state index in [-0.39, 0.29) is 36.8 Å². The van der Waals surface area contributed by atoms with E-state index in [0.717, 1.165) is 54.4 Å². The molecular weight excluding hydrogens is 397 g/mol. The van der Waals surface area contributed by atoms with Crippen LogP contribution in [0.3, 0.4) is 0 Å². The van der Waals surface area contributed by atoms with Gasteiger partial charge in [-0.05, 0) is 39.2 Å². The molecule has 1 aliphatic heterocycles. The molecule has 1 aromatic heterocycles. The molecule has 2 heterocycles. The third-order valence-electron chi connectivity index (χ3n) is 4.84. The molecule has 2 aromatic rings. The number of anilines is 1. The van der Waals surface area contributed by atoms with Crippen molar-refractivity contribution in [2.75, 3.05) is 18.0 Å². The number of nitrogens with two attached hydrogens (primary N) is 1. The first-order valence-corrected chi connectivity index (χ1v) is 9.12. The van der Waals surface area contributed by atoms with Gasteiger partial charge in [0.15, 0.2) is 0 Å². The minimum absolute atomic E-state index is 0. The van der Waals surface area contributed by atoms with Crippen molar-refractivity contribution in [3.05, 3.63) is 53.0 Å².